The van der Waals surface area contributed by atoms with Gasteiger partial charge in [-0.15, -0.1) is 13.2 Å². The third-order valence-electron chi connectivity index (χ3n) is 3.06. The van der Waals surface area contributed by atoms with Crippen molar-refractivity contribution < 1.29 is 17.9 Å². The standard InChI is InChI=1S/C16H12F3N3O2/c1-9(14-21-10(2)13(8-20)15(23)22-14)6-11-4-3-5-12(7-11)24-16(17,18)19/h3-7H,1-2H3,(H,21,22,23). The molecular weight excluding hydrogens is 323 g/mol. The number of benzene rings is 1. The first kappa shape index (κ1) is 17.3. The van der Waals surface area contributed by atoms with Crippen molar-refractivity contribution in [1.82, 2.24) is 9.97 Å². The van der Waals surface area contributed by atoms with Gasteiger partial charge >= 0.3 is 6.36 Å². The van der Waals surface area contributed by atoms with Crippen LogP contribution in [0.25, 0.3) is 11.6 Å². The minimum atomic E-state index is -4.77. The number of alkyl halides is 3. The third-order valence-corrected chi connectivity index (χ3v) is 3.06. The van der Waals surface area contributed by atoms with E-state index in [2.05, 4.69) is 14.7 Å². The van der Waals surface area contributed by atoms with E-state index in [1.165, 1.54) is 25.1 Å². The first-order valence-corrected chi connectivity index (χ1v) is 6.75. The van der Waals surface area contributed by atoms with Crippen LogP contribution < -0.4 is 10.3 Å². The molecule has 0 spiro atoms. The van der Waals surface area contributed by atoms with Crippen LogP contribution in [0, 0.1) is 18.3 Å². The molecule has 1 aromatic carbocycles. The van der Waals surface area contributed by atoms with E-state index in [1.54, 1.807) is 25.1 Å². The minimum absolute atomic E-state index is 0.0767. The highest BCUT2D eigenvalue weighted by Crippen LogP contribution is 2.24. The van der Waals surface area contributed by atoms with Gasteiger partial charge in [0, 0.05) is 0 Å². The van der Waals surface area contributed by atoms with Gasteiger partial charge in [-0.1, -0.05) is 12.1 Å². The van der Waals surface area contributed by atoms with Gasteiger partial charge in [0.2, 0.25) is 0 Å². The van der Waals surface area contributed by atoms with Gasteiger partial charge in [0.05, 0.1) is 5.69 Å². The lowest BCUT2D eigenvalue weighted by Crippen LogP contribution is -2.17. The summed E-state index contributed by atoms with van der Waals surface area (Å²) in [6.07, 6.45) is -3.22. The van der Waals surface area contributed by atoms with Crippen LogP contribution in [0.5, 0.6) is 5.75 Å². The Kier molecular flexibility index (Phi) is 4.74. The molecule has 1 N–H and O–H groups in total. The number of hydrogen-bond acceptors (Lipinski definition) is 4. The molecule has 24 heavy (non-hydrogen) atoms. The van der Waals surface area contributed by atoms with Gasteiger partial charge in [-0.25, -0.2) is 4.98 Å². The van der Waals surface area contributed by atoms with Crippen LogP contribution in [0.4, 0.5) is 13.2 Å². The van der Waals surface area contributed by atoms with E-state index in [0.717, 1.165) is 0 Å². The summed E-state index contributed by atoms with van der Waals surface area (Å²) < 4.78 is 40.6. The second kappa shape index (κ2) is 6.58. The van der Waals surface area contributed by atoms with Crippen molar-refractivity contribution in [3.05, 3.63) is 57.3 Å². The fraction of sp³-hybridized carbons (Fsp3) is 0.188. The number of hydrogen-bond donors (Lipinski definition) is 1. The second-order valence-electron chi connectivity index (χ2n) is 4.93. The van der Waals surface area contributed by atoms with Gasteiger partial charge in [0.25, 0.3) is 5.56 Å². The van der Waals surface area contributed by atoms with Gasteiger partial charge in [0.15, 0.2) is 0 Å². The van der Waals surface area contributed by atoms with Crippen molar-refractivity contribution in [1.29, 1.82) is 5.26 Å². The molecule has 124 valence electrons. The topological polar surface area (TPSA) is 78.8 Å². The molecule has 8 heteroatoms. The summed E-state index contributed by atoms with van der Waals surface area (Å²) in [5.41, 5.74) is 0.593. The molecule has 1 heterocycles. The summed E-state index contributed by atoms with van der Waals surface area (Å²) in [6.45, 7) is 3.17. The van der Waals surface area contributed by atoms with Gasteiger partial charge in [-0.3, -0.25) is 4.79 Å². The highest BCUT2D eigenvalue weighted by Gasteiger charge is 2.31. The molecule has 0 bridgehead atoms. The van der Waals surface area contributed by atoms with Gasteiger partial charge < -0.3 is 9.72 Å². The number of aromatic amines is 1. The van der Waals surface area contributed by atoms with E-state index >= 15 is 0 Å². The maximum Gasteiger partial charge on any atom is 0.573 e. The Morgan fingerprint density at radius 1 is 1.42 bits per heavy atom. The zero-order valence-electron chi connectivity index (χ0n) is 12.7. The molecule has 0 radical (unpaired) electrons. The molecule has 0 amide bonds. The molecule has 0 aliphatic rings. The van der Waals surface area contributed by atoms with Crippen LogP contribution >= 0.6 is 0 Å². The Bertz CT molecular complexity index is 893. The average Bonchev–Trinajstić information content (AvgIpc) is 2.45. The van der Waals surface area contributed by atoms with Crippen LogP contribution in [-0.2, 0) is 0 Å². The third kappa shape index (κ3) is 4.23. The Balaban J connectivity index is 2.37. The first-order valence-electron chi connectivity index (χ1n) is 6.75. The molecule has 0 saturated heterocycles. The number of nitrogens with one attached hydrogen (secondary N) is 1. The number of nitrogens with zero attached hydrogens (tertiary/aromatic N) is 2. The number of ether oxygens (including phenoxy) is 1. The van der Waals surface area contributed by atoms with Gasteiger partial charge in [-0.2, -0.15) is 5.26 Å². The zero-order valence-corrected chi connectivity index (χ0v) is 12.7. The summed E-state index contributed by atoms with van der Waals surface area (Å²) in [5.74, 6) is -0.111. The molecule has 2 aromatic rings. The Morgan fingerprint density at radius 2 is 2.12 bits per heavy atom. The Morgan fingerprint density at radius 3 is 2.71 bits per heavy atom. The zero-order chi connectivity index (χ0) is 17.9. The number of rotatable bonds is 3. The minimum Gasteiger partial charge on any atom is -0.406 e. The van der Waals surface area contributed by atoms with Crippen molar-refractivity contribution in [3.63, 3.8) is 0 Å². The van der Waals surface area contributed by atoms with Crippen molar-refractivity contribution >= 4 is 11.6 Å². The van der Waals surface area contributed by atoms with Crippen molar-refractivity contribution in [2.45, 2.75) is 20.2 Å². The highest BCUT2D eigenvalue weighted by atomic mass is 19.4. The fourth-order valence-electron chi connectivity index (χ4n) is 2.02. The van der Waals surface area contributed by atoms with E-state index in [4.69, 9.17) is 5.26 Å². The Labute approximate surface area is 135 Å². The summed E-state index contributed by atoms with van der Waals surface area (Å²) in [7, 11) is 0. The summed E-state index contributed by atoms with van der Waals surface area (Å²) in [4.78, 5) is 18.4. The number of allylic oxidation sites excluding steroid dienone is 1. The van der Waals surface area contributed by atoms with Gasteiger partial charge in [-0.05, 0) is 43.2 Å². The molecular formula is C16H12F3N3O2. The van der Waals surface area contributed by atoms with Crippen molar-refractivity contribution in [2.24, 2.45) is 0 Å². The molecule has 0 aliphatic carbocycles. The quantitative estimate of drug-likeness (QED) is 0.932. The molecule has 0 aliphatic heterocycles. The molecule has 1 aromatic heterocycles. The van der Waals surface area contributed by atoms with E-state index in [-0.39, 0.29) is 22.8 Å². The maximum atomic E-state index is 12.2. The van der Waals surface area contributed by atoms with E-state index in [9.17, 15) is 18.0 Å². The number of aromatic nitrogens is 2. The fourth-order valence-corrected chi connectivity index (χ4v) is 2.02. The molecule has 0 unspecified atom stereocenters. The predicted molar refractivity (Wildman–Crippen MR) is 81.0 cm³/mol. The molecule has 0 fully saturated rings. The summed E-state index contributed by atoms with van der Waals surface area (Å²) in [5, 5.41) is 8.86. The lowest BCUT2D eigenvalue weighted by Gasteiger charge is -2.09. The van der Waals surface area contributed by atoms with Crippen LogP contribution in [0.3, 0.4) is 0 Å². The number of H-pyrrole nitrogens is 1. The lowest BCUT2D eigenvalue weighted by atomic mass is 10.1. The Hall–Kier alpha value is -3.08. The van der Waals surface area contributed by atoms with Crippen molar-refractivity contribution in [3.8, 4) is 11.8 Å². The van der Waals surface area contributed by atoms with Crippen molar-refractivity contribution in [2.75, 3.05) is 0 Å². The van der Waals surface area contributed by atoms with E-state index in [0.29, 0.717) is 11.1 Å². The largest absolute Gasteiger partial charge is 0.573 e. The molecule has 2 rings (SSSR count). The molecule has 0 saturated carbocycles. The SMILES string of the molecule is CC(=Cc1cccc(OC(F)(F)F)c1)c1nc(C)c(C#N)c(=O)[nH]1. The monoisotopic (exact) mass is 335 g/mol. The number of aryl methyl sites for hydroxylation is 1. The summed E-state index contributed by atoms with van der Waals surface area (Å²) in [6, 6.07) is 7.16. The van der Waals surface area contributed by atoms with Gasteiger partial charge in [0.1, 0.15) is 23.2 Å². The summed E-state index contributed by atoms with van der Waals surface area (Å²) >= 11 is 0. The van der Waals surface area contributed by atoms with E-state index in [1.807, 2.05) is 0 Å². The maximum absolute atomic E-state index is 12.2. The number of nitriles is 1. The van der Waals surface area contributed by atoms with Crippen LogP contribution in [0.2, 0.25) is 0 Å². The van der Waals surface area contributed by atoms with Crippen LogP contribution in [0.1, 0.15) is 29.6 Å². The first-order chi connectivity index (χ1) is 11.2. The number of halogens is 3. The normalized spacial score (nSPS) is 11.9. The highest BCUT2D eigenvalue weighted by molar-refractivity contribution is 5.77. The lowest BCUT2D eigenvalue weighted by molar-refractivity contribution is -0.274. The predicted octanol–water partition coefficient (Wildman–Crippen LogP) is 3.41. The van der Waals surface area contributed by atoms with Crippen LogP contribution in [0.15, 0.2) is 29.1 Å². The second-order valence-corrected chi connectivity index (χ2v) is 4.93. The average molecular weight is 335 g/mol. The van der Waals surface area contributed by atoms with Crippen LogP contribution in [-0.4, -0.2) is 16.3 Å². The molecule has 0 atom stereocenters. The molecule has 5 nitrogen and oxygen atoms in total. The smallest absolute Gasteiger partial charge is 0.406 e. The van der Waals surface area contributed by atoms with E-state index < -0.39 is 11.9 Å².